The van der Waals surface area contributed by atoms with Gasteiger partial charge in [-0.05, 0) is 36.2 Å². The molecular weight excluding hydrogens is 368 g/mol. The van der Waals surface area contributed by atoms with E-state index in [4.69, 9.17) is 9.47 Å². The number of amides is 1. The number of nitrogens with one attached hydrogen (secondary N) is 1. The molecule has 1 N–H and O–H groups in total. The number of nitrogens with zero attached hydrogens (tertiary/aromatic N) is 3. The molecule has 0 fully saturated rings. The van der Waals surface area contributed by atoms with Crippen LogP contribution in [0.5, 0.6) is 11.5 Å². The normalized spacial score (nSPS) is 11.9. The van der Waals surface area contributed by atoms with Crippen molar-refractivity contribution in [2.75, 3.05) is 18.7 Å². The summed E-state index contributed by atoms with van der Waals surface area (Å²) in [6, 6.07) is 17.3. The first-order valence-electron chi connectivity index (χ1n) is 9.51. The number of hydrogen-bond acceptors (Lipinski definition) is 6. The summed E-state index contributed by atoms with van der Waals surface area (Å²) in [6.45, 7) is 3.85. The van der Waals surface area contributed by atoms with Crippen LogP contribution in [0.3, 0.4) is 0 Å². The molecule has 0 bridgehead atoms. The summed E-state index contributed by atoms with van der Waals surface area (Å²) < 4.78 is 10.7. The first kappa shape index (κ1) is 18.7. The summed E-state index contributed by atoms with van der Waals surface area (Å²) in [4.78, 5) is 23.3. The molecule has 0 saturated heterocycles. The third-order valence-electron chi connectivity index (χ3n) is 4.65. The maximum atomic E-state index is 12.9. The van der Waals surface area contributed by atoms with E-state index >= 15 is 0 Å². The molecule has 1 amide bonds. The van der Waals surface area contributed by atoms with Gasteiger partial charge in [-0.1, -0.05) is 36.4 Å². The van der Waals surface area contributed by atoms with Gasteiger partial charge in [-0.25, -0.2) is 9.97 Å². The lowest BCUT2D eigenvalue weighted by Crippen LogP contribution is -2.31. The Morgan fingerprint density at radius 3 is 2.72 bits per heavy atom. The van der Waals surface area contributed by atoms with Crippen molar-refractivity contribution in [1.29, 1.82) is 0 Å². The van der Waals surface area contributed by atoms with Crippen LogP contribution in [0.2, 0.25) is 0 Å². The van der Waals surface area contributed by atoms with E-state index in [1.54, 1.807) is 17.2 Å². The lowest BCUT2D eigenvalue weighted by molar-refractivity contribution is 0.0746. The summed E-state index contributed by atoms with van der Waals surface area (Å²) in [5, 5.41) is 3.16. The molecule has 1 aromatic heterocycles. The van der Waals surface area contributed by atoms with E-state index in [2.05, 4.69) is 15.3 Å². The molecule has 3 aromatic rings. The molecule has 0 radical (unpaired) electrons. The van der Waals surface area contributed by atoms with Crippen LogP contribution in [0.4, 0.5) is 5.95 Å². The molecule has 0 aliphatic carbocycles. The van der Waals surface area contributed by atoms with Gasteiger partial charge in [0.1, 0.15) is 5.69 Å². The van der Waals surface area contributed by atoms with E-state index < -0.39 is 0 Å². The second-order valence-electron chi connectivity index (χ2n) is 6.61. The highest BCUT2D eigenvalue weighted by Gasteiger charge is 2.17. The van der Waals surface area contributed by atoms with Crippen molar-refractivity contribution < 1.29 is 14.3 Å². The molecule has 7 nitrogen and oxygen atoms in total. The number of rotatable bonds is 7. The van der Waals surface area contributed by atoms with E-state index in [0.717, 1.165) is 22.6 Å². The lowest BCUT2D eigenvalue weighted by Gasteiger charge is -2.20. The molecule has 2 heterocycles. The third kappa shape index (κ3) is 4.45. The molecule has 29 heavy (non-hydrogen) atoms. The Morgan fingerprint density at radius 2 is 1.90 bits per heavy atom. The van der Waals surface area contributed by atoms with Crippen LogP contribution in [-0.2, 0) is 13.1 Å². The van der Waals surface area contributed by atoms with Crippen LogP contribution in [0.15, 0.2) is 60.8 Å². The SMILES string of the molecule is CCN(Cc1ccccc1)C(=O)c1ccnc(NCc2ccc3c(c2)OCO3)n1. The number of carbonyl (C=O) groups is 1. The van der Waals surface area contributed by atoms with Gasteiger partial charge < -0.3 is 19.7 Å². The van der Waals surface area contributed by atoms with E-state index in [-0.39, 0.29) is 12.7 Å². The quantitative estimate of drug-likeness (QED) is 0.666. The standard InChI is InChI=1S/C22H22N4O3/c1-2-26(14-16-6-4-3-5-7-16)21(27)18-10-11-23-22(25-18)24-13-17-8-9-19-20(12-17)29-15-28-19/h3-12H,2,13-15H2,1H3,(H,23,24,25). The fourth-order valence-electron chi connectivity index (χ4n) is 3.09. The molecule has 0 spiro atoms. The van der Waals surface area contributed by atoms with Gasteiger partial charge in [-0.2, -0.15) is 0 Å². The van der Waals surface area contributed by atoms with Crippen molar-refractivity contribution in [3.63, 3.8) is 0 Å². The molecule has 1 aliphatic rings. The predicted molar refractivity (Wildman–Crippen MR) is 109 cm³/mol. The van der Waals surface area contributed by atoms with Crippen LogP contribution in [-0.4, -0.2) is 34.1 Å². The first-order chi connectivity index (χ1) is 14.2. The van der Waals surface area contributed by atoms with Crippen molar-refractivity contribution in [1.82, 2.24) is 14.9 Å². The monoisotopic (exact) mass is 390 g/mol. The molecule has 0 saturated carbocycles. The number of hydrogen-bond donors (Lipinski definition) is 1. The van der Waals surface area contributed by atoms with Crippen molar-refractivity contribution >= 4 is 11.9 Å². The van der Waals surface area contributed by atoms with Crippen molar-refractivity contribution in [3.05, 3.63) is 77.6 Å². The summed E-state index contributed by atoms with van der Waals surface area (Å²) in [5.41, 5.74) is 2.46. The molecule has 0 unspecified atom stereocenters. The highest BCUT2D eigenvalue weighted by Crippen LogP contribution is 2.32. The Hall–Kier alpha value is -3.61. The van der Waals surface area contributed by atoms with Crippen LogP contribution in [0.25, 0.3) is 0 Å². The highest BCUT2D eigenvalue weighted by atomic mass is 16.7. The Kier molecular flexibility index (Phi) is 5.56. The fraction of sp³-hybridized carbons (Fsp3) is 0.227. The average molecular weight is 390 g/mol. The van der Waals surface area contributed by atoms with Gasteiger partial charge >= 0.3 is 0 Å². The Labute approximate surface area is 169 Å². The minimum absolute atomic E-state index is 0.120. The van der Waals surface area contributed by atoms with Gasteiger partial charge in [0.05, 0.1) is 0 Å². The Bertz CT molecular complexity index is 994. The average Bonchev–Trinajstić information content (AvgIpc) is 3.24. The number of benzene rings is 2. The third-order valence-corrected chi connectivity index (χ3v) is 4.65. The van der Waals surface area contributed by atoms with Gasteiger partial charge in [0.15, 0.2) is 11.5 Å². The number of ether oxygens (including phenoxy) is 2. The van der Waals surface area contributed by atoms with Crippen LogP contribution in [0.1, 0.15) is 28.5 Å². The molecule has 2 aromatic carbocycles. The summed E-state index contributed by atoms with van der Waals surface area (Å²) in [5.74, 6) is 1.76. The maximum absolute atomic E-state index is 12.9. The smallest absolute Gasteiger partial charge is 0.272 e. The lowest BCUT2D eigenvalue weighted by atomic mass is 10.2. The van der Waals surface area contributed by atoms with Crippen LogP contribution in [0, 0.1) is 0 Å². The molecule has 148 valence electrons. The summed E-state index contributed by atoms with van der Waals surface area (Å²) in [6.07, 6.45) is 1.60. The molecule has 4 rings (SSSR count). The molecular formula is C22H22N4O3. The Balaban J connectivity index is 1.42. The molecule has 0 atom stereocenters. The van der Waals surface area contributed by atoms with Gasteiger partial charge in [-0.15, -0.1) is 0 Å². The maximum Gasteiger partial charge on any atom is 0.272 e. The second-order valence-corrected chi connectivity index (χ2v) is 6.61. The fourth-order valence-corrected chi connectivity index (χ4v) is 3.09. The minimum atomic E-state index is -0.120. The molecule has 7 heteroatoms. The van der Waals surface area contributed by atoms with E-state index in [9.17, 15) is 4.79 Å². The minimum Gasteiger partial charge on any atom is -0.454 e. The van der Waals surface area contributed by atoms with Gasteiger partial charge in [0.2, 0.25) is 12.7 Å². The zero-order valence-corrected chi connectivity index (χ0v) is 16.2. The van der Waals surface area contributed by atoms with Crippen molar-refractivity contribution in [2.24, 2.45) is 0 Å². The number of aromatic nitrogens is 2. The number of anilines is 1. The first-order valence-corrected chi connectivity index (χ1v) is 9.51. The second kappa shape index (κ2) is 8.60. The number of carbonyl (C=O) groups excluding carboxylic acids is 1. The van der Waals surface area contributed by atoms with Crippen LogP contribution < -0.4 is 14.8 Å². The number of fused-ring (bicyclic) bond motifs is 1. The zero-order valence-electron chi connectivity index (χ0n) is 16.2. The van der Waals surface area contributed by atoms with Crippen molar-refractivity contribution in [2.45, 2.75) is 20.0 Å². The largest absolute Gasteiger partial charge is 0.454 e. The Morgan fingerprint density at radius 1 is 1.07 bits per heavy atom. The van der Waals surface area contributed by atoms with Crippen molar-refractivity contribution in [3.8, 4) is 11.5 Å². The van der Waals surface area contributed by atoms with Gasteiger partial charge in [-0.3, -0.25) is 4.79 Å². The summed E-state index contributed by atoms with van der Waals surface area (Å²) in [7, 11) is 0. The molecule has 1 aliphatic heterocycles. The van der Waals surface area contributed by atoms with E-state index in [0.29, 0.717) is 31.3 Å². The van der Waals surface area contributed by atoms with Gasteiger partial charge in [0, 0.05) is 25.8 Å². The van der Waals surface area contributed by atoms with Crippen LogP contribution >= 0.6 is 0 Å². The predicted octanol–water partition coefficient (Wildman–Crippen LogP) is 3.48. The van der Waals surface area contributed by atoms with E-state index in [1.807, 2.05) is 55.5 Å². The van der Waals surface area contributed by atoms with E-state index in [1.165, 1.54) is 0 Å². The topological polar surface area (TPSA) is 76.6 Å². The summed E-state index contributed by atoms with van der Waals surface area (Å²) >= 11 is 0. The van der Waals surface area contributed by atoms with Gasteiger partial charge in [0.25, 0.3) is 5.91 Å². The zero-order chi connectivity index (χ0) is 20.1. The highest BCUT2D eigenvalue weighted by molar-refractivity contribution is 5.92.